The molecule has 0 aliphatic carbocycles. The molecule has 2 rings (SSSR count). The lowest BCUT2D eigenvalue weighted by Gasteiger charge is -2.32. The fourth-order valence-corrected chi connectivity index (χ4v) is 2.59. The second kappa shape index (κ2) is 9.30. The largest absolute Gasteiger partial charge is 0.433 e. The van der Waals surface area contributed by atoms with Gasteiger partial charge in [0.2, 0.25) is 0 Å². The number of carbonyl (C=O) groups excluding carboxylic acids is 1. The van der Waals surface area contributed by atoms with Crippen molar-refractivity contribution in [2.24, 2.45) is 11.7 Å². The lowest BCUT2D eigenvalue weighted by Crippen LogP contribution is -2.40. The van der Waals surface area contributed by atoms with Gasteiger partial charge < -0.3 is 10.6 Å². The maximum absolute atomic E-state index is 12.4. The monoisotopic (exact) mass is 373 g/mol. The van der Waals surface area contributed by atoms with Crippen molar-refractivity contribution in [3.05, 3.63) is 29.6 Å². The summed E-state index contributed by atoms with van der Waals surface area (Å²) in [4.78, 5) is 17.3. The number of aromatic nitrogens is 1. The maximum Gasteiger partial charge on any atom is 0.433 e. The van der Waals surface area contributed by atoms with Crippen LogP contribution in [-0.2, 0) is 6.18 Å². The summed E-state index contributed by atoms with van der Waals surface area (Å²) >= 11 is 0. The number of nitrogens with zero attached hydrogens (tertiary/aromatic N) is 2. The van der Waals surface area contributed by atoms with Crippen molar-refractivity contribution in [1.29, 1.82) is 0 Å². The van der Waals surface area contributed by atoms with E-state index in [0.29, 0.717) is 25.6 Å². The molecule has 4 nitrogen and oxygen atoms in total. The van der Waals surface area contributed by atoms with E-state index < -0.39 is 11.9 Å². The van der Waals surface area contributed by atoms with E-state index in [1.807, 2.05) is 0 Å². The zero-order valence-electron chi connectivity index (χ0n) is 12.4. The number of halogens is 5. The Morgan fingerprint density at radius 1 is 1.35 bits per heavy atom. The van der Waals surface area contributed by atoms with Gasteiger partial charge in [0.1, 0.15) is 5.69 Å². The number of alkyl halides is 3. The standard InChI is InChI=1S/C14H18F3N3O.2ClH/c15-14(16,17)12-4-3-11(8-19-12)13(21)20-7-1-2-10(9-20)5-6-18;;/h3-4,8,10H,1-2,5-7,9,18H2;2*1H. The highest BCUT2D eigenvalue weighted by Crippen LogP contribution is 2.27. The third-order valence-electron chi connectivity index (χ3n) is 3.68. The Morgan fingerprint density at radius 3 is 2.57 bits per heavy atom. The minimum absolute atomic E-state index is 0. The molecule has 0 radical (unpaired) electrons. The summed E-state index contributed by atoms with van der Waals surface area (Å²) < 4.78 is 37.3. The molecular formula is C14H20Cl2F3N3O. The molecular weight excluding hydrogens is 354 g/mol. The van der Waals surface area contributed by atoms with Gasteiger partial charge in [0.05, 0.1) is 5.56 Å². The zero-order chi connectivity index (χ0) is 15.5. The second-order valence-corrected chi connectivity index (χ2v) is 5.27. The van der Waals surface area contributed by atoms with Gasteiger partial charge in [-0.3, -0.25) is 9.78 Å². The molecule has 1 aliphatic heterocycles. The number of carbonyl (C=O) groups is 1. The van der Waals surface area contributed by atoms with Crippen LogP contribution < -0.4 is 5.73 Å². The van der Waals surface area contributed by atoms with Crippen molar-refractivity contribution in [3.63, 3.8) is 0 Å². The lowest BCUT2D eigenvalue weighted by molar-refractivity contribution is -0.141. The molecule has 2 heterocycles. The maximum atomic E-state index is 12.4. The molecule has 1 saturated heterocycles. The number of amides is 1. The Kier molecular flexibility index (Phi) is 8.87. The molecule has 1 aromatic rings. The fraction of sp³-hybridized carbons (Fsp3) is 0.571. The van der Waals surface area contributed by atoms with Crippen LogP contribution in [0.25, 0.3) is 0 Å². The van der Waals surface area contributed by atoms with Crippen molar-refractivity contribution in [2.45, 2.75) is 25.4 Å². The minimum atomic E-state index is -4.49. The average Bonchev–Trinajstić information content (AvgIpc) is 2.46. The van der Waals surface area contributed by atoms with Crippen LogP contribution in [0.5, 0.6) is 0 Å². The van der Waals surface area contributed by atoms with Gasteiger partial charge in [0, 0.05) is 19.3 Å². The van der Waals surface area contributed by atoms with Crippen LogP contribution >= 0.6 is 24.8 Å². The highest BCUT2D eigenvalue weighted by atomic mass is 35.5. The van der Waals surface area contributed by atoms with E-state index in [2.05, 4.69) is 4.98 Å². The summed E-state index contributed by atoms with van der Waals surface area (Å²) in [5.41, 5.74) is 4.73. The van der Waals surface area contributed by atoms with E-state index in [4.69, 9.17) is 5.73 Å². The third-order valence-corrected chi connectivity index (χ3v) is 3.68. The summed E-state index contributed by atoms with van der Waals surface area (Å²) in [6.07, 6.45) is -0.706. The van der Waals surface area contributed by atoms with Gasteiger partial charge in [0.15, 0.2) is 0 Å². The molecule has 0 spiro atoms. The van der Waals surface area contributed by atoms with Gasteiger partial charge in [0.25, 0.3) is 5.91 Å². The van der Waals surface area contributed by atoms with E-state index in [-0.39, 0.29) is 36.3 Å². The average molecular weight is 374 g/mol. The first-order valence-electron chi connectivity index (χ1n) is 6.94. The minimum Gasteiger partial charge on any atom is -0.338 e. The van der Waals surface area contributed by atoms with E-state index in [1.165, 1.54) is 6.07 Å². The van der Waals surface area contributed by atoms with Crippen LogP contribution in [0.2, 0.25) is 0 Å². The van der Waals surface area contributed by atoms with Gasteiger partial charge in [-0.05, 0) is 43.9 Å². The molecule has 1 aromatic heterocycles. The first kappa shape index (κ1) is 21.9. The van der Waals surface area contributed by atoms with Gasteiger partial charge in [-0.25, -0.2) is 0 Å². The SMILES string of the molecule is Cl.Cl.NCCC1CCCN(C(=O)c2ccc(C(F)(F)F)nc2)C1. The molecule has 2 N–H and O–H groups in total. The molecule has 0 aromatic carbocycles. The van der Waals surface area contributed by atoms with Gasteiger partial charge in [-0.15, -0.1) is 24.8 Å². The predicted molar refractivity (Wildman–Crippen MR) is 86.0 cm³/mol. The van der Waals surface area contributed by atoms with Crippen molar-refractivity contribution >= 4 is 30.7 Å². The van der Waals surface area contributed by atoms with Gasteiger partial charge in [-0.2, -0.15) is 13.2 Å². The smallest absolute Gasteiger partial charge is 0.338 e. The molecule has 0 bridgehead atoms. The number of nitrogens with two attached hydrogens (primary N) is 1. The Labute approximate surface area is 145 Å². The van der Waals surface area contributed by atoms with Crippen molar-refractivity contribution in [2.75, 3.05) is 19.6 Å². The topological polar surface area (TPSA) is 59.2 Å². The van der Waals surface area contributed by atoms with Crippen LogP contribution in [0.15, 0.2) is 18.3 Å². The summed E-state index contributed by atoms with van der Waals surface area (Å²) in [5.74, 6) is 0.105. The van der Waals surface area contributed by atoms with E-state index in [0.717, 1.165) is 31.5 Å². The van der Waals surface area contributed by atoms with Crippen LogP contribution in [0, 0.1) is 5.92 Å². The molecule has 1 aliphatic rings. The number of hydrogen-bond acceptors (Lipinski definition) is 3. The van der Waals surface area contributed by atoms with Crippen LogP contribution in [0.4, 0.5) is 13.2 Å². The normalized spacial score (nSPS) is 17.9. The molecule has 1 amide bonds. The van der Waals surface area contributed by atoms with Crippen LogP contribution in [0.1, 0.15) is 35.3 Å². The van der Waals surface area contributed by atoms with Crippen molar-refractivity contribution in [1.82, 2.24) is 9.88 Å². The van der Waals surface area contributed by atoms with Gasteiger partial charge >= 0.3 is 6.18 Å². The number of rotatable bonds is 3. The fourth-order valence-electron chi connectivity index (χ4n) is 2.59. The Hall–Kier alpha value is -1.05. The van der Waals surface area contributed by atoms with Crippen LogP contribution in [0.3, 0.4) is 0 Å². The van der Waals surface area contributed by atoms with E-state index in [9.17, 15) is 18.0 Å². The first-order chi connectivity index (χ1) is 9.91. The predicted octanol–water partition coefficient (Wildman–Crippen LogP) is 3.15. The molecule has 1 unspecified atom stereocenters. The zero-order valence-corrected chi connectivity index (χ0v) is 14.0. The summed E-state index contributed by atoms with van der Waals surface area (Å²) in [7, 11) is 0. The molecule has 9 heteroatoms. The number of pyridine rings is 1. The highest BCUT2D eigenvalue weighted by Gasteiger charge is 2.32. The Bertz CT molecular complexity index is 495. The first-order valence-corrected chi connectivity index (χ1v) is 6.94. The molecule has 132 valence electrons. The van der Waals surface area contributed by atoms with Crippen LogP contribution in [-0.4, -0.2) is 35.4 Å². The van der Waals surface area contributed by atoms with E-state index in [1.54, 1.807) is 4.90 Å². The molecule has 0 saturated carbocycles. The molecule has 1 fully saturated rings. The van der Waals surface area contributed by atoms with Crippen molar-refractivity contribution < 1.29 is 18.0 Å². The summed E-state index contributed by atoms with van der Waals surface area (Å²) in [5, 5.41) is 0. The summed E-state index contributed by atoms with van der Waals surface area (Å²) in [6, 6.07) is 2.03. The Morgan fingerprint density at radius 2 is 2.04 bits per heavy atom. The number of piperidine rings is 1. The second-order valence-electron chi connectivity index (χ2n) is 5.27. The summed E-state index contributed by atoms with van der Waals surface area (Å²) in [6.45, 7) is 1.81. The van der Waals surface area contributed by atoms with E-state index >= 15 is 0 Å². The quantitative estimate of drug-likeness (QED) is 0.885. The highest BCUT2D eigenvalue weighted by molar-refractivity contribution is 5.94. The number of hydrogen-bond donors (Lipinski definition) is 1. The molecule has 1 atom stereocenters. The lowest BCUT2D eigenvalue weighted by atomic mass is 9.94. The Balaban J connectivity index is 0.00000242. The van der Waals surface area contributed by atoms with Gasteiger partial charge in [-0.1, -0.05) is 0 Å². The van der Waals surface area contributed by atoms with Crippen molar-refractivity contribution in [3.8, 4) is 0 Å². The number of likely N-dealkylation sites (tertiary alicyclic amines) is 1. The molecule has 23 heavy (non-hydrogen) atoms. The third kappa shape index (κ3) is 5.82.